The zero-order valence-electron chi connectivity index (χ0n) is 15.1. The van der Waals surface area contributed by atoms with E-state index < -0.39 is 20.5 Å². The van der Waals surface area contributed by atoms with Crippen LogP contribution in [-0.2, 0) is 14.6 Å². The molecule has 0 aromatic heterocycles. The van der Waals surface area contributed by atoms with Crippen LogP contribution in [0, 0.1) is 5.41 Å². The number of hydrogen-bond acceptors (Lipinski definition) is 6. The highest BCUT2D eigenvalue weighted by Crippen LogP contribution is 2.64. The zero-order valence-corrected chi connectivity index (χ0v) is 15.9. The first kappa shape index (κ1) is 18.3. The van der Waals surface area contributed by atoms with Gasteiger partial charge in [-0.2, -0.15) is 0 Å². The minimum absolute atomic E-state index is 0.177. The van der Waals surface area contributed by atoms with Gasteiger partial charge in [-0.05, 0) is 36.8 Å². The first-order valence-corrected chi connectivity index (χ1v) is 10.6. The van der Waals surface area contributed by atoms with Crippen molar-refractivity contribution in [1.82, 2.24) is 0 Å². The molecule has 1 aliphatic heterocycles. The Kier molecular flexibility index (Phi) is 4.61. The van der Waals surface area contributed by atoms with Crippen molar-refractivity contribution in [2.45, 2.75) is 23.0 Å². The Morgan fingerprint density at radius 2 is 1.89 bits per heavy atom. The number of hydrogen-bond donors (Lipinski definition) is 1. The van der Waals surface area contributed by atoms with Crippen LogP contribution in [0.5, 0.6) is 11.5 Å². The van der Waals surface area contributed by atoms with Gasteiger partial charge in [-0.15, -0.1) is 0 Å². The maximum atomic E-state index is 13.4. The van der Waals surface area contributed by atoms with Crippen LogP contribution in [-0.4, -0.2) is 40.2 Å². The zero-order chi connectivity index (χ0) is 19.1. The fraction of sp³-hybridized carbons (Fsp3) is 0.400. The van der Waals surface area contributed by atoms with Gasteiger partial charge in [0, 0.05) is 24.5 Å². The molecule has 1 aliphatic carbocycles. The van der Waals surface area contributed by atoms with Crippen molar-refractivity contribution in [2.24, 2.45) is 11.1 Å². The van der Waals surface area contributed by atoms with E-state index in [9.17, 15) is 8.42 Å². The molecule has 0 bridgehead atoms. The number of nitrogens with two attached hydrogens (primary N) is 1. The van der Waals surface area contributed by atoms with E-state index in [1.165, 1.54) is 0 Å². The minimum atomic E-state index is -3.56. The van der Waals surface area contributed by atoms with E-state index in [1.54, 1.807) is 30.3 Å². The van der Waals surface area contributed by atoms with Crippen molar-refractivity contribution in [3.8, 4) is 11.5 Å². The molecule has 2 aromatic rings. The second-order valence-electron chi connectivity index (χ2n) is 6.94. The van der Waals surface area contributed by atoms with Gasteiger partial charge < -0.3 is 19.9 Å². The lowest BCUT2D eigenvalue weighted by Crippen LogP contribution is -2.29. The van der Waals surface area contributed by atoms with E-state index in [0.717, 1.165) is 5.56 Å². The third-order valence-electron chi connectivity index (χ3n) is 5.50. The van der Waals surface area contributed by atoms with E-state index in [1.807, 2.05) is 25.1 Å². The van der Waals surface area contributed by atoms with Crippen LogP contribution in [0.25, 0.3) is 0 Å². The van der Waals surface area contributed by atoms with Crippen LogP contribution < -0.4 is 15.2 Å². The maximum absolute atomic E-state index is 13.4. The molecule has 0 amide bonds. The monoisotopic (exact) mass is 389 g/mol. The van der Waals surface area contributed by atoms with Gasteiger partial charge in [0.05, 0.1) is 16.8 Å². The Hall–Kier alpha value is -2.09. The topological polar surface area (TPSA) is 87.8 Å². The molecular formula is C20H23NO5S. The van der Waals surface area contributed by atoms with Crippen molar-refractivity contribution < 1.29 is 22.6 Å². The average molecular weight is 389 g/mol. The molecule has 144 valence electrons. The lowest BCUT2D eigenvalue weighted by Gasteiger charge is -2.16. The maximum Gasteiger partial charge on any atom is 0.231 e. The van der Waals surface area contributed by atoms with Gasteiger partial charge >= 0.3 is 0 Å². The third kappa shape index (κ3) is 2.90. The van der Waals surface area contributed by atoms with Gasteiger partial charge in [0.25, 0.3) is 0 Å². The molecule has 4 rings (SSSR count). The van der Waals surface area contributed by atoms with Gasteiger partial charge in [0.2, 0.25) is 6.79 Å². The summed E-state index contributed by atoms with van der Waals surface area (Å²) in [4.78, 5) is 0.313. The predicted molar refractivity (Wildman–Crippen MR) is 101 cm³/mol. The van der Waals surface area contributed by atoms with Crippen LogP contribution in [0.1, 0.15) is 18.4 Å². The molecule has 0 saturated heterocycles. The number of ether oxygens (including phenoxy) is 3. The molecule has 1 saturated carbocycles. The number of rotatable bonds is 7. The first-order valence-electron chi connectivity index (χ1n) is 9.01. The number of sulfone groups is 1. The Morgan fingerprint density at radius 3 is 2.59 bits per heavy atom. The summed E-state index contributed by atoms with van der Waals surface area (Å²) >= 11 is 0. The van der Waals surface area contributed by atoms with Gasteiger partial charge in [-0.3, -0.25) is 0 Å². The highest BCUT2D eigenvalue weighted by Gasteiger charge is 2.70. The molecule has 2 aliphatic rings. The fourth-order valence-corrected chi connectivity index (χ4v) is 6.54. The lowest BCUT2D eigenvalue weighted by molar-refractivity contribution is 0.101. The van der Waals surface area contributed by atoms with Crippen LogP contribution in [0.4, 0.5) is 0 Å². The molecule has 1 heterocycles. The standard InChI is InChI=1S/C20H23NO5S/c1-2-24-12-20(11-21)18(14-8-9-16-17(10-14)26-13-25-16)19(20)27(22,23)15-6-4-3-5-7-15/h3-10,18-19H,2,11-13,21H2,1H3/t18-,19-,20-/m1/s1. The summed E-state index contributed by atoms with van der Waals surface area (Å²) < 4.78 is 43.3. The molecule has 0 spiro atoms. The summed E-state index contributed by atoms with van der Waals surface area (Å²) in [5.41, 5.74) is 6.34. The summed E-state index contributed by atoms with van der Waals surface area (Å²) in [6, 6.07) is 14.1. The third-order valence-corrected chi connectivity index (χ3v) is 7.84. The van der Waals surface area contributed by atoms with E-state index in [2.05, 4.69) is 0 Å². The molecule has 1 fully saturated rings. The largest absolute Gasteiger partial charge is 0.454 e. The Morgan fingerprint density at radius 1 is 1.15 bits per heavy atom. The normalized spacial score (nSPS) is 26.1. The molecule has 27 heavy (non-hydrogen) atoms. The molecule has 7 heteroatoms. The Bertz CT molecular complexity index is 931. The van der Waals surface area contributed by atoms with Gasteiger partial charge in [0.15, 0.2) is 21.3 Å². The van der Waals surface area contributed by atoms with E-state index in [0.29, 0.717) is 29.6 Å². The van der Waals surface area contributed by atoms with Crippen molar-refractivity contribution in [1.29, 1.82) is 0 Å². The quantitative estimate of drug-likeness (QED) is 0.782. The molecule has 0 radical (unpaired) electrons. The summed E-state index contributed by atoms with van der Waals surface area (Å²) in [6.07, 6.45) is 0. The van der Waals surface area contributed by atoms with Crippen molar-refractivity contribution >= 4 is 9.84 Å². The SMILES string of the molecule is CCOC[C@]1(CN)[C@H](c2ccc3c(c2)OCO3)[C@H]1S(=O)(=O)c1ccccc1. The fourth-order valence-electron chi connectivity index (χ4n) is 4.08. The lowest BCUT2D eigenvalue weighted by atomic mass is 9.99. The molecule has 3 atom stereocenters. The van der Waals surface area contributed by atoms with Gasteiger partial charge in [-0.25, -0.2) is 8.42 Å². The Balaban J connectivity index is 1.76. The minimum Gasteiger partial charge on any atom is -0.454 e. The summed E-state index contributed by atoms with van der Waals surface area (Å²) in [6.45, 7) is 3.10. The molecule has 2 N–H and O–H groups in total. The summed E-state index contributed by atoms with van der Waals surface area (Å²) in [5, 5.41) is -0.635. The van der Waals surface area contributed by atoms with E-state index in [4.69, 9.17) is 19.9 Å². The van der Waals surface area contributed by atoms with Gasteiger partial charge in [0.1, 0.15) is 0 Å². The number of benzene rings is 2. The van der Waals surface area contributed by atoms with Crippen LogP contribution in [0.2, 0.25) is 0 Å². The second kappa shape index (κ2) is 6.82. The highest BCUT2D eigenvalue weighted by atomic mass is 32.2. The van der Waals surface area contributed by atoms with Crippen LogP contribution in [0.15, 0.2) is 53.4 Å². The smallest absolute Gasteiger partial charge is 0.231 e. The van der Waals surface area contributed by atoms with E-state index >= 15 is 0 Å². The van der Waals surface area contributed by atoms with Crippen molar-refractivity contribution in [3.05, 3.63) is 54.1 Å². The summed E-state index contributed by atoms with van der Waals surface area (Å²) in [5.74, 6) is 1.05. The average Bonchev–Trinajstić information content (AvgIpc) is 3.15. The second-order valence-corrected chi connectivity index (χ2v) is 9.01. The van der Waals surface area contributed by atoms with E-state index in [-0.39, 0.29) is 19.3 Å². The van der Waals surface area contributed by atoms with Gasteiger partial charge in [-0.1, -0.05) is 24.3 Å². The summed E-state index contributed by atoms with van der Waals surface area (Å²) in [7, 11) is -3.56. The first-order chi connectivity index (χ1) is 13.0. The van der Waals surface area contributed by atoms with Crippen molar-refractivity contribution in [2.75, 3.05) is 26.6 Å². The molecule has 2 aromatic carbocycles. The van der Waals surface area contributed by atoms with Crippen LogP contribution in [0.3, 0.4) is 0 Å². The molecule has 0 unspecified atom stereocenters. The Labute approximate surface area is 159 Å². The molecular weight excluding hydrogens is 366 g/mol. The van der Waals surface area contributed by atoms with Crippen molar-refractivity contribution in [3.63, 3.8) is 0 Å². The predicted octanol–water partition coefficient (Wildman–Crippen LogP) is 2.34. The highest BCUT2D eigenvalue weighted by molar-refractivity contribution is 7.92. The van der Waals surface area contributed by atoms with Crippen LogP contribution >= 0.6 is 0 Å². The molecule has 6 nitrogen and oxygen atoms in total. The number of fused-ring (bicyclic) bond motifs is 1.